The molecule has 78 valence electrons. The van der Waals surface area contributed by atoms with Crippen molar-refractivity contribution in [3.05, 3.63) is 23.8 Å². The Labute approximate surface area is 82.6 Å². The van der Waals surface area contributed by atoms with E-state index in [1.807, 2.05) is 0 Å². The van der Waals surface area contributed by atoms with Gasteiger partial charge >= 0.3 is 0 Å². The highest BCUT2D eigenvalue weighted by Gasteiger charge is 2.11. The minimum atomic E-state index is -1.16. The van der Waals surface area contributed by atoms with Crippen molar-refractivity contribution in [2.75, 3.05) is 20.8 Å². The number of nitrogens with two attached hydrogens (primary N) is 1. The molecule has 0 heterocycles. The van der Waals surface area contributed by atoms with Gasteiger partial charge in [-0.3, -0.25) is 0 Å². The van der Waals surface area contributed by atoms with E-state index in [2.05, 4.69) is 0 Å². The number of hydrogen-bond acceptors (Lipinski definition) is 3. The highest BCUT2D eigenvalue weighted by atomic mass is 19.1. The highest BCUT2D eigenvalue weighted by molar-refractivity contribution is 5.43. The molecule has 0 amide bonds. The molecule has 0 spiro atoms. The summed E-state index contributed by atoms with van der Waals surface area (Å²) in [5.41, 5.74) is 5.72. The second-order valence-electron chi connectivity index (χ2n) is 2.82. The first kappa shape index (κ1) is 10.8. The van der Waals surface area contributed by atoms with Gasteiger partial charge in [0, 0.05) is 6.54 Å². The van der Waals surface area contributed by atoms with E-state index >= 15 is 0 Å². The molecule has 0 aliphatic rings. The number of alkyl halides is 1. The van der Waals surface area contributed by atoms with Crippen molar-refractivity contribution < 1.29 is 13.9 Å². The number of hydrogen-bond donors (Lipinski definition) is 1. The number of methoxy groups -OCH3 is 2. The van der Waals surface area contributed by atoms with Gasteiger partial charge in [0.2, 0.25) is 0 Å². The molecule has 0 saturated carbocycles. The third-order valence-electron chi connectivity index (χ3n) is 1.98. The topological polar surface area (TPSA) is 44.5 Å². The van der Waals surface area contributed by atoms with E-state index in [1.54, 1.807) is 18.2 Å². The maximum Gasteiger partial charge on any atom is 0.161 e. The zero-order chi connectivity index (χ0) is 10.6. The molecule has 1 aromatic rings. The molecule has 2 N–H and O–H groups in total. The minimum absolute atomic E-state index is 0.0323. The van der Waals surface area contributed by atoms with Gasteiger partial charge in [-0.25, -0.2) is 4.39 Å². The van der Waals surface area contributed by atoms with E-state index in [1.165, 1.54) is 14.2 Å². The predicted octanol–water partition coefficient (Wildman–Crippen LogP) is 1.67. The zero-order valence-electron chi connectivity index (χ0n) is 8.29. The van der Waals surface area contributed by atoms with Crippen LogP contribution in [0.1, 0.15) is 11.7 Å². The van der Waals surface area contributed by atoms with Crippen LogP contribution in [-0.4, -0.2) is 20.8 Å². The Morgan fingerprint density at radius 1 is 1.29 bits per heavy atom. The molecule has 0 aliphatic heterocycles. The normalized spacial score (nSPS) is 12.3. The summed E-state index contributed by atoms with van der Waals surface area (Å²) in [6, 6.07) is 4.89. The Morgan fingerprint density at radius 3 is 2.43 bits per heavy atom. The Hall–Kier alpha value is -1.29. The van der Waals surface area contributed by atoms with Gasteiger partial charge < -0.3 is 15.2 Å². The van der Waals surface area contributed by atoms with Gasteiger partial charge in [0.1, 0.15) is 6.17 Å². The monoisotopic (exact) mass is 199 g/mol. The number of benzene rings is 1. The second-order valence-corrected chi connectivity index (χ2v) is 2.82. The number of rotatable bonds is 4. The van der Waals surface area contributed by atoms with Crippen molar-refractivity contribution >= 4 is 0 Å². The van der Waals surface area contributed by atoms with E-state index in [0.717, 1.165) is 0 Å². The summed E-state index contributed by atoms with van der Waals surface area (Å²) in [5, 5.41) is 0. The average Bonchev–Trinajstić information content (AvgIpc) is 2.26. The minimum Gasteiger partial charge on any atom is -0.493 e. The lowest BCUT2D eigenvalue weighted by Gasteiger charge is -2.11. The standard InChI is InChI=1S/C10H14FNO2/c1-13-9-4-3-7(8(11)6-12)5-10(9)14-2/h3-5,8H,6,12H2,1-2H3. The van der Waals surface area contributed by atoms with Gasteiger partial charge in [0.15, 0.2) is 11.5 Å². The molecular weight excluding hydrogens is 185 g/mol. The lowest BCUT2D eigenvalue weighted by molar-refractivity contribution is 0.339. The lowest BCUT2D eigenvalue weighted by atomic mass is 10.1. The van der Waals surface area contributed by atoms with Crippen molar-refractivity contribution in [1.29, 1.82) is 0 Å². The van der Waals surface area contributed by atoms with Crippen LogP contribution in [0.15, 0.2) is 18.2 Å². The second kappa shape index (κ2) is 4.81. The van der Waals surface area contributed by atoms with Crippen molar-refractivity contribution in [1.82, 2.24) is 0 Å². The van der Waals surface area contributed by atoms with Gasteiger partial charge in [0.25, 0.3) is 0 Å². The molecule has 0 fully saturated rings. The van der Waals surface area contributed by atoms with Gasteiger partial charge in [-0.2, -0.15) is 0 Å². The molecule has 0 aromatic heterocycles. The van der Waals surface area contributed by atoms with Crippen LogP contribution < -0.4 is 15.2 Å². The smallest absolute Gasteiger partial charge is 0.161 e. The summed E-state index contributed by atoms with van der Waals surface area (Å²) in [6.07, 6.45) is -1.16. The Bertz CT molecular complexity index is 304. The van der Waals surface area contributed by atoms with E-state index in [0.29, 0.717) is 17.1 Å². The van der Waals surface area contributed by atoms with Crippen LogP contribution in [0.4, 0.5) is 4.39 Å². The van der Waals surface area contributed by atoms with E-state index in [9.17, 15) is 4.39 Å². The van der Waals surface area contributed by atoms with Crippen LogP contribution >= 0.6 is 0 Å². The molecule has 1 unspecified atom stereocenters. The SMILES string of the molecule is COc1ccc(C(F)CN)cc1OC. The summed E-state index contributed by atoms with van der Waals surface area (Å²) < 4.78 is 23.3. The first-order valence-electron chi connectivity index (χ1n) is 4.29. The van der Waals surface area contributed by atoms with Crippen molar-refractivity contribution in [3.8, 4) is 11.5 Å². The molecule has 0 bridgehead atoms. The average molecular weight is 199 g/mol. The first-order valence-corrected chi connectivity index (χ1v) is 4.29. The predicted molar refractivity (Wildman–Crippen MR) is 52.4 cm³/mol. The van der Waals surface area contributed by atoms with Crippen LogP contribution in [-0.2, 0) is 0 Å². The molecule has 0 aliphatic carbocycles. The number of ether oxygens (including phenoxy) is 2. The fourth-order valence-corrected chi connectivity index (χ4v) is 1.18. The summed E-state index contributed by atoms with van der Waals surface area (Å²) in [5.74, 6) is 1.10. The first-order chi connectivity index (χ1) is 6.72. The fraction of sp³-hybridized carbons (Fsp3) is 0.400. The van der Waals surface area contributed by atoms with Crippen LogP contribution in [0, 0.1) is 0 Å². The van der Waals surface area contributed by atoms with E-state index < -0.39 is 6.17 Å². The van der Waals surface area contributed by atoms with Crippen molar-refractivity contribution in [2.24, 2.45) is 5.73 Å². The Morgan fingerprint density at radius 2 is 1.93 bits per heavy atom. The van der Waals surface area contributed by atoms with Crippen molar-refractivity contribution in [2.45, 2.75) is 6.17 Å². The fourth-order valence-electron chi connectivity index (χ4n) is 1.18. The van der Waals surface area contributed by atoms with Gasteiger partial charge in [-0.05, 0) is 17.7 Å². The summed E-state index contributed by atoms with van der Waals surface area (Å²) in [6.45, 7) is -0.0323. The lowest BCUT2D eigenvalue weighted by Crippen LogP contribution is -2.07. The van der Waals surface area contributed by atoms with Gasteiger partial charge in [-0.15, -0.1) is 0 Å². The van der Waals surface area contributed by atoms with Crippen LogP contribution in [0.3, 0.4) is 0 Å². The van der Waals surface area contributed by atoms with Crippen LogP contribution in [0.25, 0.3) is 0 Å². The number of halogens is 1. The maximum atomic E-state index is 13.2. The summed E-state index contributed by atoms with van der Waals surface area (Å²) in [7, 11) is 3.05. The van der Waals surface area contributed by atoms with Crippen LogP contribution in [0.5, 0.6) is 11.5 Å². The molecule has 4 heteroatoms. The molecule has 1 rings (SSSR count). The highest BCUT2D eigenvalue weighted by Crippen LogP contribution is 2.30. The zero-order valence-corrected chi connectivity index (χ0v) is 8.29. The molecule has 3 nitrogen and oxygen atoms in total. The molecule has 0 radical (unpaired) electrons. The summed E-state index contributed by atoms with van der Waals surface area (Å²) >= 11 is 0. The summed E-state index contributed by atoms with van der Waals surface area (Å²) in [4.78, 5) is 0. The quantitative estimate of drug-likeness (QED) is 0.802. The third kappa shape index (κ3) is 2.14. The third-order valence-corrected chi connectivity index (χ3v) is 1.98. The molecule has 0 saturated heterocycles. The molecule has 1 atom stereocenters. The Kier molecular flexibility index (Phi) is 3.71. The van der Waals surface area contributed by atoms with Crippen molar-refractivity contribution in [3.63, 3.8) is 0 Å². The molecular formula is C10H14FNO2. The van der Waals surface area contributed by atoms with E-state index in [4.69, 9.17) is 15.2 Å². The van der Waals surface area contributed by atoms with Gasteiger partial charge in [0.05, 0.1) is 14.2 Å². The molecule has 14 heavy (non-hydrogen) atoms. The Balaban J connectivity index is 3.01. The molecule has 1 aromatic carbocycles. The van der Waals surface area contributed by atoms with Crippen LogP contribution in [0.2, 0.25) is 0 Å². The van der Waals surface area contributed by atoms with Gasteiger partial charge in [-0.1, -0.05) is 6.07 Å². The van der Waals surface area contributed by atoms with E-state index in [-0.39, 0.29) is 6.54 Å². The maximum absolute atomic E-state index is 13.2. The largest absolute Gasteiger partial charge is 0.493 e.